The van der Waals surface area contributed by atoms with Gasteiger partial charge in [-0.25, -0.2) is 0 Å². The summed E-state index contributed by atoms with van der Waals surface area (Å²) in [5.74, 6) is -0.743. The van der Waals surface area contributed by atoms with Crippen LogP contribution in [0.15, 0.2) is 29.2 Å². The normalized spacial score (nSPS) is 17.0. The van der Waals surface area contributed by atoms with Crippen LogP contribution in [0.5, 0.6) is 0 Å². The molecule has 0 spiro atoms. The van der Waals surface area contributed by atoms with Crippen LogP contribution >= 0.6 is 11.8 Å². The van der Waals surface area contributed by atoms with E-state index in [1.165, 1.54) is 17.3 Å². The van der Waals surface area contributed by atoms with E-state index < -0.39 is 11.5 Å². The van der Waals surface area contributed by atoms with Crippen LogP contribution in [0.25, 0.3) is 0 Å². The first-order valence-electron chi connectivity index (χ1n) is 7.29. The number of carboxylic acids is 1. The summed E-state index contributed by atoms with van der Waals surface area (Å²) in [5, 5.41) is 12.0. The predicted molar refractivity (Wildman–Crippen MR) is 85.1 cm³/mol. The number of ether oxygens (including phenoxy) is 1. The second-order valence-corrected chi connectivity index (χ2v) is 6.66. The Bertz CT molecular complexity index is 523. The van der Waals surface area contributed by atoms with Crippen LogP contribution in [0, 0.1) is 6.92 Å². The number of nitrogens with one attached hydrogen (secondary N) is 1. The van der Waals surface area contributed by atoms with Gasteiger partial charge in [0.1, 0.15) is 0 Å². The van der Waals surface area contributed by atoms with Crippen molar-refractivity contribution in [3.8, 4) is 0 Å². The van der Waals surface area contributed by atoms with Crippen LogP contribution in [0.3, 0.4) is 0 Å². The van der Waals surface area contributed by atoms with E-state index in [9.17, 15) is 9.59 Å². The first-order chi connectivity index (χ1) is 10.5. The van der Waals surface area contributed by atoms with Crippen LogP contribution in [-0.2, 0) is 14.3 Å². The quantitative estimate of drug-likeness (QED) is 0.785. The lowest BCUT2D eigenvalue weighted by Gasteiger charge is -2.36. The maximum Gasteiger partial charge on any atom is 0.305 e. The smallest absolute Gasteiger partial charge is 0.305 e. The highest BCUT2D eigenvalue weighted by Crippen LogP contribution is 2.25. The molecule has 0 aliphatic carbocycles. The average Bonchev–Trinajstić information content (AvgIpc) is 2.46. The molecule has 1 saturated heterocycles. The molecule has 0 bridgehead atoms. The van der Waals surface area contributed by atoms with Crippen molar-refractivity contribution in [1.82, 2.24) is 5.32 Å². The number of carbonyl (C=O) groups excluding carboxylic acids is 1. The third kappa shape index (κ3) is 5.03. The second-order valence-electron chi connectivity index (χ2n) is 5.61. The molecule has 120 valence electrons. The molecule has 5 nitrogen and oxygen atoms in total. The van der Waals surface area contributed by atoms with Crippen molar-refractivity contribution in [2.75, 3.05) is 19.0 Å². The van der Waals surface area contributed by atoms with Crippen LogP contribution < -0.4 is 5.32 Å². The summed E-state index contributed by atoms with van der Waals surface area (Å²) in [6, 6.07) is 7.97. The van der Waals surface area contributed by atoms with Gasteiger partial charge in [-0.05, 0) is 31.9 Å². The average molecular weight is 323 g/mol. The number of rotatable bonds is 6. The Labute approximate surface area is 134 Å². The Morgan fingerprint density at radius 3 is 2.50 bits per heavy atom. The van der Waals surface area contributed by atoms with E-state index >= 15 is 0 Å². The van der Waals surface area contributed by atoms with Crippen molar-refractivity contribution in [2.45, 2.75) is 36.6 Å². The van der Waals surface area contributed by atoms with Gasteiger partial charge in [0.25, 0.3) is 0 Å². The van der Waals surface area contributed by atoms with E-state index in [-0.39, 0.29) is 18.1 Å². The Balaban J connectivity index is 1.90. The third-order valence-electron chi connectivity index (χ3n) is 3.74. The number of hydrogen-bond donors (Lipinski definition) is 2. The number of benzene rings is 1. The highest BCUT2D eigenvalue weighted by atomic mass is 32.2. The topological polar surface area (TPSA) is 75.6 Å². The molecule has 1 aromatic carbocycles. The predicted octanol–water partition coefficient (Wildman–Crippen LogP) is 2.23. The molecule has 1 aliphatic rings. The van der Waals surface area contributed by atoms with Crippen molar-refractivity contribution in [2.24, 2.45) is 0 Å². The lowest BCUT2D eigenvalue weighted by atomic mass is 9.86. The van der Waals surface area contributed by atoms with Gasteiger partial charge in [0.15, 0.2) is 0 Å². The summed E-state index contributed by atoms with van der Waals surface area (Å²) in [4.78, 5) is 24.3. The fourth-order valence-electron chi connectivity index (χ4n) is 2.51. The van der Waals surface area contributed by atoms with Crippen molar-refractivity contribution < 1.29 is 19.4 Å². The lowest BCUT2D eigenvalue weighted by molar-refractivity contribution is -0.140. The Morgan fingerprint density at radius 2 is 1.91 bits per heavy atom. The molecule has 0 atom stereocenters. The molecular weight excluding hydrogens is 302 g/mol. The van der Waals surface area contributed by atoms with Gasteiger partial charge in [0.05, 0.1) is 17.7 Å². The molecular formula is C16H21NO4S. The summed E-state index contributed by atoms with van der Waals surface area (Å²) in [5.41, 5.74) is 0.506. The summed E-state index contributed by atoms with van der Waals surface area (Å²) < 4.78 is 5.28. The molecule has 1 aromatic rings. The number of carbonyl (C=O) groups is 2. The molecule has 1 amide bonds. The van der Waals surface area contributed by atoms with Crippen LogP contribution in [0.4, 0.5) is 0 Å². The summed E-state index contributed by atoms with van der Waals surface area (Å²) in [6.07, 6.45) is 1.03. The number of carboxylic acid groups (broad SMARTS) is 1. The molecule has 0 unspecified atom stereocenters. The van der Waals surface area contributed by atoms with E-state index in [2.05, 4.69) is 5.32 Å². The molecule has 1 aliphatic heterocycles. The Hall–Kier alpha value is -1.53. The monoisotopic (exact) mass is 323 g/mol. The minimum atomic E-state index is -0.895. The van der Waals surface area contributed by atoms with Gasteiger partial charge < -0.3 is 15.2 Å². The molecule has 2 N–H and O–H groups in total. The van der Waals surface area contributed by atoms with Gasteiger partial charge >= 0.3 is 5.97 Å². The number of thioether (sulfide) groups is 1. The van der Waals surface area contributed by atoms with Crippen LogP contribution in [0.2, 0.25) is 0 Å². The maximum absolute atomic E-state index is 12.2. The van der Waals surface area contributed by atoms with E-state index in [4.69, 9.17) is 9.84 Å². The first-order valence-corrected chi connectivity index (χ1v) is 8.28. The fraction of sp³-hybridized carbons (Fsp3) is 0.500. The molecule has 0 saturated carbocycles. The van der Waals surface area contributed by atoms with Gasteiger partial charge in [0.2, 0.25) is 5.91 Å². The first kappa shape index (κ1) is 16.8. The van der Waals surface area contributed by atoms with Crippen molar-refractivity contribution >= 4 is 23.6 Å². The summed E-state index contributed by atoms with van der Waals surface area (Å²) in [6.45, 7) is 2.99. The minimum absolute atomic E-state index is 0.0582. The van der Waals surface area contributed by atoms with E-state index in [0.29, 0.717) is 26.1 Å². The second kappa shape index (κ2) is 7.65. The third-order valence-corrected chi connectivity index (χ3v) is 4.75. The molecule has 0 aromatic heterocycles. The van der Waals surface area contributed by atoms with Gasteiger partial charge in [-0.15, -0.1) is 11.8 Å². The number of aliphatic carboxylic acids is 1. The number of hydrogen-bond acceptors (Lipinski definition) is 4. The maximum atomic E-state index is 12.2. The zero-order valence-corrected chi connectivity index (χ0v) is 13.4. The molecule has 1 fully saturated rings. The molecule has 0 radical (unpaired) electrons. The van der Waals surface area contributed by atoms with Crippen LogP contribution in [-0.4, -0.2) is 41.5 Å². The zero-order chi connectivity index (χ0) is 16.0. The fourth-order valence-corrected chi connectivity index (χ4v) is 3.21. The largest absolute Gasteiger partial charge is 0.481 e. The number of aryl methyl sites for hydroxylation is 1. The number of amides is 1. The van der Waals surface area contributed by atoms with Crippen molar-refractivity contribution in [3.05, 3.63) is 29.8 Å². The van der Waals surface area contributed by atoms with Crippen molar-refractivity contribution in [1.29, 1.82) is 0 Å². The molecule has 6 heteroatoms. The Kier molecular flexibility index (Phi) is 5.85. The standard InChI is InChI=1S/C16H21NO4S/c1-12-2-4-13(5-3-12)22-11-14(18)17-16(10-15(19)20)6-8-21-9-7-16/h2-5H,6-11H2,1H3,(H,17,18)(H,19,20). The Morgan fingerprint density at radius 1 is 1.27 bits per heavy atom. The summed E-state index contributed by atoms with van der Waals surface area (Å²) in [7, 11) is 0. The highest BCUT2D eigenvalue weighted by Gasteiger charge is 2.36. The molecule has 22 heavy (non-hydrogen) atoms. The molecule has 1 heterocycles. The van der Waals surface area contributed by atoms with Crippen molar-refractivity contribution in [3.63, 3.8) is 0 Å². The van der Waals surface area contributed by atoms with Crippen LogP contribution in [0.1, 0.15) is 24.8 Å². The van der Waals surface area contributed by atoms with Gasteiger partial charge in [-0.1, -0.05) is 17.7 Å². The SMILES string of the molecule is Cc1ccc(SCC(=O)NC2(CC(=O)O)CCOCC2)cc1. The minimum Gasteiger partial charge on any atom is -0.481 e. The highest BCUT2D eigenvalue weighted by molar-refractivity contribution is 8.00. The van der Waals surface area contributed by atoms with E-state index in [1.807, 2.05) is 31.2 Å². The van der Waals surface area contributed by atoms with E-state index in [0.717, 1.165) is 4.90 Å². The summed E-state index contributed by atoms with van der Waals surface area (Å²) >= 11 is 1.45. The lowest BCUT2D eigenvalue weighted by Crippen LogP contribution is -2.53. The van der Waals surface area contributed by atoms with Gasteiger partial charge in [-0.2, -0.15) is 0 Å². The van der Waals surface area contributed by atoms with Gasteiger partial charge in [-0.3, -0.25) is 9.59 Å². The zero-order valence-electron chi connectivity index (χ0n) is 12.6. The van der Waals surface area contributed by atoms with E-state index in [1.54, 1.807) is 0 Å². The molecule has 2 rings (SSSR count). The van der Waals surface area contributed by atoms with Gasteiger partial charge in [0, 0.05) is 18.1 Å².